The maximum atomic E-state index is 12.1. The number of hydrogen-bond acceptors (Lipinski definition) is 3. The molecule has 0 bridgehead atoms. The van der Waals surface area contributed by atoms with Gasteiger partial charge in [0.25, 0.3) is 0 Å². The molecule has 4 atom stereocenters. The lowest BCUT2D eigenvalue weighted by atomic mass is 9.83. The van der Waals surface area contributed by atoms with Gasteiger partial charge in [-0.25, -0.2) is 0 Å². The third-order valence-electron chi connectivity index (χ3n) is 4.05. The molecular formula is C12H22N2O3. The second-order valence-corrected chi connectivity index (χ2v) is 5.31. The standard InChI is InChI=1S/C12H22N2O3/c1-7(10(15)16)8(2)14-11(17)12(3)6-4-5-9(12)13/h7-9H,4-6,13H2,1-3H3,(H,14,17)(H,15,16). The average Bonchev–Trinajstić information content (AvgIpc) is 2.59. The number of carbonyl (C=O) groups excluding carboxylic acids is 1. The first-order valence-corrected chi connectivity index (χ1v) is 6.08. The zero-order chi connectivity index (χ0) is 13.2. The third kappa shape index (κ3) is 2.77. The number of hydrogen-bond donors (Lipinski definition) is 3. The fraction of sp³-hybridized carbons (Fsp3) is 0.833. The molecule has 1 rings (SSSR count). The van der Waals surface area contributed by atoms with E-state index >= 15 is 0 Å². The molecule has 0 aromatic rings. The van der Waals surface area contributed by atoms with Crippen LogP contribution in [-0.2, 0) is 9.59 Å². The Labute approximate surface area is 102 Å². The van der Waals surface area contributed by atoms with Crippen LogP contribution >= 0.6 is 0 Å². The summed E-state index contributed by atoms with van der Waals surface area (Å²) in [5, 5.41) is 11.6. The fourth-order valence-electron chi connectivity index (χ4n) is 2.19. The number of carboxylic acid groups (broad SMARTS) is 1. The maximum Gasteiger partial charge on any atom is 0.308 e. The van der Waals surface area contributed by atoms with Gasteiger partial charge in [-0.15, -0.1) is 0 Å². The SMILES string of the molecule is CC(NC(=O)C1(C)CCCC1N)C(C)C(=O)O. The summed E-state index contributed by atoms with van der Waals surface area (Å²) in [6.45, 7) is 5.16. The molecule has 4 N–H and O–H groups in total. The Kier molecular flexibility index (Phi) is 4.14. The smallest absolute Gasteiger partial charge is 0.308 e. The maximum absolute atomic E-state index is 12.1. The molecule has 1 aliphatic rings. The Bertz CT molecular complexity index is 319. The molecule has 0 aromatic heterocycles. The van der Waals surface area contributed by atoms with Crippen molar-refractivity contribution in [3.63, 3.8) is 0 Å². The summed E-state index contributed by atoms with van der Waals surface area (Å²) in [7, 11) is 0. The van der Waals surface area contributed by atoms with E-state index in [-0.39, 0.29) is 18.0 Å². The number of nitrogens with two attached hydrogens (primary N) is 1. The van der Waals surface area contributed by atoms with E-state index in [0.29, 0.717) is 0 Å². The molecule has 0 heterocycles. The third-order valence-corrected chi connectivity index (χ3v) is 4.05. The second-order valence-electron chi connectivity index (χ2n) is 5.31. The zero-order valence-electron chi connectivity index (χ0n) is 10.7. The van der Waals surface area contributed by atoms with Gasteiger partial charge in [0.05, 0.1) is 11.3 Å². The molecule has 98 valence electrons. The molecule has 0 spiro atoms. The molecule has 0 aliphatic heterocycles. The molecule has 1 saturated carbocycles. The van der Waals surface area contributed by atoms with Crippen molar-refractivity contribution in [1.82, 2.24) is 5.32 Å². The molecular weight excluding hydrogens is 220 g/mol. The van der Waals surface area contributed by atoms with Crippen LogP contribution in [0.4, 0.5) is 0 Å². The van der Waals surface area contributed by atoms with Crippen LogP contribution in [0.15, 0.2) is 0 Å². The van der Waals surface area contributed by atoms with Crippen molar-refractivity contribution in [2.75, 3.05) is 0 Å². The van der Waals surface area contributed by atoms with Crippen molar-refractivity contribution in [2.24, 2.45) is 17.1 Å². The Morgan fingerprint density at radius 1 is 1.47 bits per heavy atom. The monoisotopic (exact) mass is 242 g/mol. The highest BCUT2D eigenvalue weighted by Gasteiger charge is 2.43. The van der Waals surface area contributed by atoms with Crippen molar-refractivity contribution in [3.05, 3.63) is 0 Å². The lowest BCUT2D eigenvalue weighted by Crippen LogP contribution is -2.51. The van der Waals surface area contributed by atoms with Gasteiger partial charge < -0.3 is 16.2 Å². The van der Waals surface area contributed by atoms with Crippen LogP contribution in [0.25, 0.3) is 0 Å². The van der Waals surface area contributed by atoms with E-state index in [1.165, 1.54) is 0 Å². The highest BCUT2D eigenvalue weighted by atomic mass is 16.4. The van der Waals surface area contributed by atoms with E-state index in [2.05, 4.69) is 5.32 Å². The minimum atomic E-state index is -0.904. The van der Waals surface area contributed by atoms with Crippen LogP contribution in [0.3, 0.4) is 0 Å². The summed E-state index contributed by atoms with van der Waals surface area (Å²) >= 11 is 0. The molecule has 17 heavy (non-hydrogen) atoms. The normalized spacial score (nSPS) is 31.9. The number of carboxylic acids is 1. The summed E-state index contributed by atoms with van der Waals surface area (Å²) in [6, 6.07) is -0.514. The lowest BCUT2D eigenvalue weighted by Gasteiger charge is -2.30. The number of nitrogens with one attached hydrogen (secondary N) is 1. The van der Waals surface area contributed by atoms with Gasteiger partial charge in [-0.1, -0.05) is 6.42 Å². The van der Waals surface area contributed by atoms with E-state index in [4.69, 9.17) is 10.8 Å². The predicted molar refractivity (Wildman–Crippen MR) is 64.3 cm³/mol. The largest absolute Gasteiger partial charge is 0.481 e. The van der Waals surface area contributed by atoms with E-state index in [1.807, 2.05) is 6.92 Å². The Balaban J connectivity index is 2.63. The van der Waals surface area contributed by atoms with Gasteiger partial charge in [-0.05, 0) is 33.6 Å². The van der Waals surface area contributed by atoms with Crippen molar-refractivity contribution < 1.29 is 14.7 Å². The minimum absolute atomic E-state index is 0.122. The highest BCUT2D eigenvalue weighted by molar-refractivity contribution is 5.84. The Morgan fingerprint density at radius 3 is 2.47 bits per heavy atom. The van der Waals surface area contributed by atoms with Crippen LogP contribution < -0.4 is 11.1 Å². The Hall–Kier alpha value is -1.10. The molecule has 1 aliphatic carbocycles. The van der Waals surface area contributed by atoms with Crippen LogP contribution in [0.5, 0.6) is 0 Å². The first kappa shape index (κ1) is 14.0. The van der Waals surface area contributed by atoms with Crippen LogP contribution in [0, 0.1) is 11.3 Å². The fourth-order valence-corrected chi connectivity index (χ4v) is 2.19. The summed E-state index contributed by atoms with van der Waals surface area (Å²) in [6.07, 6.45) is 2.58. The van der Waals surface area contributed by atoms with Gasteiger partial charge in [-0.3, -0.25) is 9.59 Å². The van der Waals surface area contributed by atoms with E-state index in [0.717, 1.165) is 19.3 Å². The summed E-state index contributed by atoms with van der Waals surface area (Å²) in [5.74, 6) is -1.62. The van der Waals surface area contributed by atoms with Crippen LogP contribution in [-0.4, -0.2) is 29.1 Å². The summed E-state index contributed by atoms with van der Waals surface area (Å²) in [4.78, 5) is 22.9. The van der Waals surface area contributed by atoms with Gasteiger partial charge in [0.2, 0.25) is 5.91 Å². The highest BCUT2D eigenvalue weighted by Crippen LogP contribution is 2.36. The minimum Gasteiger partial charge on any atom is -0.481 e. The van der Waals surface area contributed by atoms with Crippen molar-refractivity contribution in [1.29, 1.82) is 0 Å². The molecule has 1 amide bonds. The number of carbonyl (C=O) groups is 2. The Morgan fingerprint density at radius 2 is 2.06 bits per heavy atom. The van der Waals surface area contributed by atoms with Crippen molar-refractivity contribution in [3.8, 4) is 0 Å². The van der Waals surface area contributed by atoms with Gasteiger partial charge >= 0.3 is 5.97 Å². The second kappa shape index (κ2) is 5.04. The first-order valence-electron chi connectivity index (χ1n) is 6.08. The first-order chi connectivity index (χ1) is 7.79. The quantitative estimate of drug-likeness (QED) is 0.677. The number of rotatable bonds is 4. The topological polar surface area (TPSA) is 92.4 Å². The lowest BCUT2D eigenvalue weighted by molar-refractivity contribution is -0.142. The molecule has 0 radical (unpaired) electrons. The summed E-state index contributed by atoms with van der Waals surface area (Å²) < 4.78 is 0. The van der Waals surface area contributed by atoms with Crippen molar-refractivity contribution >= 4 is 11.9 Å². The zero-order valence-corrected chi connectivity index (χ0v) is 10.7. The van der Waals surface area contributed by atoms with Gasteiger partial charge in [0.1, 0.15) is 0 Å². The molecule has 0 aromatic carbocycles. The molecule has 5 nitrogen and oxygen atoms in total. The van der Waals surface area contributed by atoms with E-state index < -0.39 is 17.3 Å². The van der Waals surface area contributed by atoms with Gasteiger partial charge in [0, 0.05) is 12.1 Å². The van der Waals surface area contributed by atoms with E-state index in [9.17, 15) is 9.59 Å². The number of aliphatic carboxylic acids is 1. The molecule has 1 fully saturated rings. The summed E-state index contributed by atoms with van der Waals surface area (Å²) in [5.41, 5.74) is 5.40. The van der Waals surface area contributed by atoms with E-state index in [1.54, 1.807) is 13.8 Å². The van der Waals surface area contributed by atoms with Crippen LogP contribution in [0.1, 0.15) is 40.0 Å². The van der Waals surface area contributed by atoms with Crippen LogP contribution in [0.2, 0.25) is 0 Å². The van der Waals surface area contributed by atoms with Gasteiger partial charge in [-0.2, -0.15) is 0 Å². The molecule has 0 saturated heterocycles. The predicted octanol–water partition coefficient (Wildman–Crippen LogP) is 0.729. The van der Waals surface area contributed by atoms with Crippen molar-refractivity contribution in [2.45, 2.75) is 52.1 Å². The average molecular weight is 242 g/mol. The molecule has 5 heteroatoms. The molecule has 4 unspecified atom stereocenters. The number of amides is 1. The van der Waals surface area contributed by atoms with Gasteiger partial charge in [0.15, 0.2) is 0 Å².